The lowest BCUT2D eigenvalue weighted by Crippen LogP contribution is -2.52. The van der Waals surface area contributed by atoms with E-state index in [0.29, 0.717) is 18.3 Å². The molecule has 1 aliphatic carbocycles. The van der Waals surface area contributed by atoms with Crippen LogP contribution < -0.4 is 20.3 Å². The van der Waals surface area contributed by atoms with Crippen molar-refractivity contribution in [2.45, 2.75) is 70.6 Å². The number of benzene rings is 1. The molecule has 8 heteroatoms. The molecule has 2 aliphatic rings. The van der Waals surface area contributed by atoms with Crippen LogP contribution in [0.25, 0.3) is 0 Å². The average Bonchev–Trinajstić information content (AvgIpc) is 3.49. The van der Waals surface area contributed by atoms with Gasteiger partial charge in [-0.1, -0.05) is 38.8 Å². The van der Waals surface area contributed by atoms with Crippen LogP contribution in [0.4, 0.5) is 11.5 Å². The fourth-order valence-corrected chi connectivity index (χ4v) is 4.59. The molecule has 2 aromatic rings. The number of para-hydroxylation sites is 2. The maximum absolute atomic E-state index is 13.0. The lowest BCUT2D eigenvalue weighted by Gasteiger charge is -2.35. The van der Waals surface area contributed by atoms with Gasteiger partial charge in [-0.15, -0.1) is 0 Å². The Labute approximate surface area is 189 Å². The van der Waals surface area contributed by atoms with Crippen LogP contribution in [0.2, 0.25) is 0 Å². The van der Waals surface area contributed by atoms with Crippen molar-refractivity contribution in [2.24, 2.45) is 0 Å². The molecule has 0 radical (unpaired) electrons. The minimum atomic E-state index is -0.665. The quantitative estimate of drug-likeness (QED) is 0.657. The lowest BCUT2D eigenvalue weighted by atomic mass is 10.1. The third-order valence-corrected chi connectivity index (χ3v) is 6.43. The Hall–Kier alpha value is -3.03. The SMILES string of the molecule is CCC(CC)NC(=O)C1CN(CC(=O)Nc2ccnn2C2CCCC2)c2ccccc2O1. The van der Waals surface area contributed by atoms with Crippen molar-refractivity contribution in [3.05, 3.63) is 36.5 Å². The summed E-state index contributed by atoms with van der Waals surface area (Å²) in [4.78, 5) is 27.7. The summed E-state index contributed by atoms with van der Waals surface area (Å²) in [6.45, 7) is 4.56. The Morgan fingerprint density at radius 3 is 2.66 bits per heavy atom. The van der Waals surface area contributed by atoms with E-state index in [9.17, 15) is 9.59 Å². The van der Waals surface area contributed by atoms with Gasteiger partial charge in [-0.25, -0.2) is 4.68 Å². The van der Waals surface area contributed by atoms with Gasteiger partial charge in [0.05, 0.1) is 31.0 Å². The maximum atomic E-state index is 13.0. The van der Waals surface area contributed by atoms with Gasteiger partial charge < -0.3 is 20.3 Å². The highest BCUT2D eigenvalue weighted by atomic mass is 16.5. The third-order valence-electron chi connectivity index (χ3n) is 6.43. The molecule has 0 spiro atoms. The molecule has 32 heavy (non-hydrogen) atoms. The molecule has 2 N–H and O–H groups in total. The van der Waals surface area contributed by atoms with Gasteiger partial charge >= 0.3 is 0 Å². The van der Waals surface area contributed by atoms with Gasteiger partial charge in [0.25, 0.3) is 5.91 Å². The Bertz CT molecular complexity index is 933. The van der Waals surface area contributed by atoms with Gasteiger partial charge in [0, 0.05) is 12.1 Å². The average molecular weight is 440 g/mol. The van der Waals surface area contributed by atoms with E-state index in [4.69, 9.17) is 4.74 Å². The minimum Gasteiger partial charge on any atom is -0.477 e. The number of hydrogen-bond donors (Lipinski definition) is 2. The van der Waals surface area contributed by atoms with E-state index in [2.05, 4.69) is 29.6 Å². The maximum Gasteiger partial charge on any atom is 0.263 e. The van der Waals surface area contributed by atoms with E-state index in [1.54, 1.807) is 6.20 Å². The van der Waals surface area contributed by atoms with Crippen molar-refractivity contribution in [2.75, 3.05) is 23.3 Å². The summed E-state index contributed by atoms with van der Waals surface area (Å²) in [6, 6.07) is 9.85. The molecule has 0 saturated heterocycles. The first-order chi connectivity index (χ1) is 15.6. The molecule has 1 atom stereocenters. The molecule has 1 aromatic carbocycles. The van der Waals surface area contributed by atoms with E-state index in [-0.39, 0.29) is 24.4 Å². The first-order valence-corrected chi connectivity index (χ1v) is 11.7. The van der Waals surface area contributed by atoms with Crippen molar-refractivity contribution < 1.29 is 14.3 Å². The molecular formula is C24H33N5O3. The standard InChI is InChI=1S/C24H33N5O3/c1-3-17(4-2)26-24(31)21-15-28(19-11-7-8-12-20(19)32-21)16-23(30)27-22-13-14-25-29(22)18-9-5-6-10-18/h7-8,11-14,17-18,21H,3-6,9-10,15-16H2,1-2H3,(H,26,31)(H,27,30). The molecule has 1 unspecified atom stereocenters. The van der Waals surface area contributed by atoms with Crippen molar-refractivity contribution in [3.8, 4) is 5.75 Å². The molecule has 1 fully saturated rings. The highest BCUT2D eigenvalue weighted by Crippen LogP contribution is 2.34. The van der Waals surface area contributed by atoms with E-state index < -0.39 is 6.10 Å². The van der Waals surface area contributed by atoms with Crippen molar-refractivity contribution in [1.82, 2.24) is 15.1 Å². The lowest BCUT2D eigenvalue weighted by molar-refractivity contribution is -0.129. The van der Waals surface area contributed by atoms with Crippen LogP contribution in [0.1, 0.15) is 58.4 Å². The summed E-state index contributed by atoms with van der Waals surface area (Å²) < 4.78 is 7.92. The second-order valence-corrected chi connectivity index (χ2v) is 8.62. The van der Waals surface area contributed by atoms with E-state index in [0.717, 1.165) is 37.2 Å². The van der Waals surface area contributed by atoms with Crippen molar-refractivity contribution in [1.29, 1.82) is 0 Å². The first kappa shape index (κ1) is 22.2. The predicted octanol–water partition coefficient (Wildman–Crippen LogP) is 3.51. The zero-order chi connectivity index (χ0) is 22.5. The second-order valence-electron chi connectivity index (χ2n) is 8.62. The number of carbonyl (C=O) groups excluding carboxylic acids is 2. The van der Waals surface area contributed by atoms with Crippen molar-refractivity contribution >= 4 is 23.3 Å². The molecule has 2 heterocycles. The molecule has 0 bridgehead atoms. The predicted molar refractivity (Wildman–Crippen MR) is 124 cm³/mol. The number of aromatic nitrogens is 2. The molecule has 4 rings (SSSR count). The summed E-state index contributed by atoms with van der Waals surface area (Å²) in [5, 5.41) is 10.5. The smallest absolute Gasteiger partial charge is 0.263 e. The second kappa shape index (κ2) is 10.1. The van der Waals surface area contributed by atoms with Crippen LogP contribution in [-0.4, -0.2) is 46.8 Å². The van der Waals surface area contributed by atoms with Gasteiger partial charge in [0.1, 0.15) is 11.6 Å². The molecule has 2 amide bonds. The summed E-state index contributed by atoms with van der Waals surface area (Å²) in [6.07, 6.45) is 7.38. The molecule has 8 nitrogen and oxygen atoms in total. The van der Waals surface area contributed by atoms with E-state index >= 15 is 0 Å². The molecule has 172 valence electrons. The van der Waals surface area contributed by atoms with E-state index in [1.165, 1.54) is 12.8 Å². The number of nitrogens with zero attached hydrogens (tertiary/aromatic N) is 3. The molecular weight excluding hydrogens is 406 g/mol. The largest absolute Gasteiger partial charge is 0.477 e. The fourth-order valence-electron chi connectivity index (χ4n) is 4.59. The normalized spacial score (nSPS) is 18.3. The number of rotatable bonds is 8. The topological polar surface area (TPSA) is 88.5 Å². The number of carbonyl (C=O) groups is 2. The van der Waals surface area contributed by atoms with Crippen LogP contribution >= 0.6 is 0 Å². The zero-order valence-electron chi connectivity index (χ0n) is 18.9. The summed E-state index contributed by atoms with van der Waals surface area (Å²) >= 11 is 0. The highest BCUT2D eigenvalue weighted by Gasteiger charge is 2.32. The fraction of sp³-hybridized carbons (Fsp3) is 0.542. The zero-order valence-corrected chi connectivity index (χ0v) is 18.9. The Morgan fingerprint density at radius 2 is 1.91 bits per heavy atom. The van der Waals surface area contributed by atoms with Crippen LogP contribution in [-0.2, 0) is 9.59 Å². The van der Waals surface area contributed by atoms with Gasteiger partial charge in [-0.05, 0) is 37.8 Å². The highest BCUT2D eigenvalue weighted by molar-refractivity contribution is 5.94. The van der Waals surface area contributed by atoms with Gasteiger partial charge in [-0.3, -0.25) is 9.59 Å². The van der Waals surface area contributed by atoms with Crippen LogP contribution in [0.15, 0.2) is 36.5 Å². The first-order valence-electron chi connectivity index (χ1n) is 11.7. The Morgan fingerprint density at radius 1 is 1.16 bits per heavy atom. The number of amides is 2. The summed E-state index contributed by atoms with van der Waals surface area (Å²) in [5.74, 6) is 1.07. The van der Waals surface area contributed by atoms with Gasteiger partial charge in [-0.2, -0.15) is 5.10 Å². The molecule has 1 aromatic heterocycles. The van der Waals surface area contributed by atoms with Crippen LogP contribution in [0.3, 0.4) is 0 Å². The molecule has 1 aliphatic heterocycles. The molecule has 1 saturated carbocycles. The van der Waals surface area contributed by atoms with Gasteiger partial charge in [0.2, 0.25) is 5.91 Å². The summed E-state index contributed by atoms with van der Waals surface area (Å²) in [5.41, 5.74) is 0.818. The van der Waals surface area contributed by atoms with Crippen LogP contribution in [0.5, 0.6) is 5.75 Å². The van der Waals surface area contributed by atoms with Crippen molar-refractivity contribution in [3.63, 3.8) is 0 Å². The Kier molecular flexibility index (Phi) is 6.97. The van der Waals surface area contributed by atoms with E-state index in [1.807, 2.05) is 39.9 Å². The Balaban J connectivity index is 1.45. The number of fused-ring (bicyclic) bond motifs is 1. The number of anilines is 2. The monoisotopic (exact) mass is 439 g/mol. The minimum absolute atomic E-state index is 0.121. The number of nitrogens with one attached hydrogen (secondary N) is 2. The van der Waals surface area contributed by atoms with Gasteiger partial charge in [0.15, 0.2) is 6.10 Å². The third kappa shape index (κ3) is 4.89. The number of ether oxygens (including phenoxy) is 1. The summed E-state index contributed by atoms with van der Waals surface area (Å²) in [7, 11) is 0. The number of hydrogen-bond acceptors (Lipinski definition) is 5. The van der Waals surface area contributed by atoms with Crippen LogP contribution in [0, 0.1) is 0 Å².